The van der Waals surface area contributed by atoms with Gasteiger partial charge in [0, 0.05) is 16.8 Å². The summed E-state index contributed by atoms with van der Waals surface area (Å²) in [7, 11) is 0. The first kappa shape index (κ1) is 13.9. The Balaban J connectivity index is 2.52. The van der Waals surface area contributed by atoms with Gasteiger partial charge in [0.15, 0.2) is 0 Å². The van der Waals surface area contributed by atoms with Crippen molar-refractivity contribution >= 4 is 11.6 Å². The summed E-state index contributed by atoms with van der Waals surface area (Å²) < 4.78 is 37.7. The van der Waals surface area contributed by atoms with Crippen LogP contribution in [-0.2, 0) is 6.18 Å². The third kappa shape index (κ3) is 3.07. The Morgan fingerprint density at radius 1 is 1.05 bits per heavy atom. The molecule has 0 saturated carbocycles. The molecular weight excluding hydrogens is 275 g/mol. The first-order valence-electron chi connectivity index (χ1n) is 5.59. The van der Waals surface area contributed by atoms with E-state index in [0.717, 1.165) is 23.4 Å². The van der Waals surface area contributed by atoms with Crippen molar-refractivity contribution in [2.24, 2.45) is 0 Å². The quantitative estimate of drug-likeness (QED) is 0.715. The second kappa shape index (κ2) is 4.85. The van der Waals surface area contributed by atoms with Gasteiger partial charge in [0.2, 0.25) is 0 Å². The molecule has 0 radical (unpaired) electrons. The summed E-state index contributed by atoms with van der Waals surface area (Å²) in [4.78, 5) is 3.92. The third-order valence-electron chi connectivity index (χ3n) is 2.72. The zero-order valence-corrected chi connectivity index (χ0v) is 11.1. The van der Waals surface area contributed by atoms with Crippen LogP contribution in [0, 0.1) is 13.8 Å². The summed E-state index contributed by atoms with van der Waals surface area (Å²) in [6.07, 6.45) is -3.53. The van der Waals surface area contributed by atoms with Gasteiger partial charge in [-0.2, -0.15) is 13.2 Å². The summed E-state index contributed by atoms with van der Waals surface area (Å²) in [5.41, 5.74) is 1.89. The Hall–Kier alpha value is -1.55. The smallest absolute Gasteiger partial charge is 0.255 e. The topological polar surface area (TPSA) is 12.9 Å². The van der Waals surface area contributed by atoms with E-state index in [1.165, 1.54) is 0 Å². The van der Waals surface area contributed by atoms with Gasteiger partial charge in [0.05, 0.1) is 11.3 Å². The van der Waals surface area contributed by atoms with Crippen LogP contribution in [0.25, 0.3) is 11.3 Å². The average Bonchev–Trinajstić information content (AvgIpc) is 2.26. The molecule has 0 aliphatic rings. The molecule has 1 aromatic carbocycles. The highest BCUT2D eigenvalue weighted by atomic mass is 35.5. The molecule has 0 fully saturated rings. The van der Waals surface area contributed by atoms with Gasteiger partial charge in [-0.15, -0.1) is 0 Å². The van der Waals surface area contributed by atoms with Crippen molar-refractivity contribution in [2.75, 3.05) is 0 Å². The van der Waals surface area contributed by atoms with E-state index < -0.39 is 11.7 Å². The minimum Gasteiger partial charge on any atom is -0.255 e. The van der Waals surface area contributed by atoms with Crippen LogP contribution in [0.3, 0.4) is 0 Å². The summed E-state index contributed by atoms with van der Waals surface area (Å²) >= 11 is 5.95. The summed E-state index contributed by atoms with van der Waals surface area (Å²) in [6.45, 7) is 3.47. The Bertz CT molecular complexity index is 600. The maximum absolute atomic E-state index is 12.6. The largest absolute Gasteiger partial charge is 0.417 e. The van der Waals surface area contributed by atoms with Gasteiger partial charge in [-0.05, 0) is 49.2 Å². The lowest BCUT2D eigenvalue weighted by atomic mass is 10.0. The molecule has 1 nitrogen and oxygen atoms in total. The molecule has 0 spiro atoms. The summed E-state index contributed by atoms with van der Waals surface area (Å²) in [5.74, 6) is 0. The number of alkyl halides is 3. The SMILES string of the molecule is Cc1cc(Cl)cc(-c2ncc(C(F)(F)F)cc2C)c1. The van der Waals surface area contributed by atoms with E-state index in [-0.39, 0.29) is 0 Å². The highest BCUT2D eigenvalue weighted by Gasteiger charge is 2.31. The van der Waals surface area contributed by atoms with Gasteiger partial charge in [0.25, 0.3) is 0 Å². The number of pyridine rings is 1. The number of benzene rings is 1. The van der Waals surface area contributed by atoms with Crippen molar-refractivity contribution in [1.82, 2.24) is 4.98 Å². The lowest BCUT2D eigenvalue weighted by Gasteiger charge is -2.11. The molecule has 0 saturated heterocycles. The minimum atomic E-state index is -4.37. The summed E-state index contributed by atoms with van der Waals surface area (Å²) in [5, 5.41) is 0.538. The fraction of sp³-hybridized carbons (Fsp3) is 0.214. The zero-order valence-electron chi connectivity index (χ0n) is 10.3. The lowest BCUT2D eigenvalue weighted by Crippen LogP contribution is -2.06. The molecule has 0 unspecified atom stereocenters. The Kier molecular flexibility index (Phi) is 3.54. The predicted molar refractivity (Wildman–Crippen MR) is 69.2 cm³/mol. The van der Waals surface area contributed by atoms with Crippen molar-refractivity contribution in [3.8, 4) is 11.3 Å². The van der Waals surface area contributed by atoms with Crippen molar-refractivity contribution in [2.45, 2.75) is 20.0 Å². The van der Waals surface area contributed by atoms with E-state index in [1.54, 1.807) is 19.1 Å². The monoisotopic (exact) mass is 285 g/mol. The molecule has 0 N–H and O–H groups in total. The van der Waals surface area contributed by atoms with Gasteiger partial charge in [0.1, 0.15) is 0 Å². The Morgan fingerprint density at radius 3 is 2.26 bits per heavy atom. The molecule has 19 heavy (non-hydrogen) atoms. The van der Waals surface area contributed by atoms with E-state index >= 15 is 0 Å². The Labute approximate surface area is 114 Å². The minimum absolute atomic E-state index is 0.469. The van der Waals surface area contributed by atoms with Crippen LogP contribution >= 0.6 is 11.6 Å². The number of halogens is 4. The van der Waals surface area contributed by atoms with Gasteiger partial charge in [-0.1, -0.05) is 11.6 Å². The van der Waals surface area contributed by atoms with Crippen molar-refractivity contribution in [3.05, 3.63) is 52.2 Å². The van der Waals surface area contributed by atoms with Gasteiger partial charge in [-0.3, -0.25) is 4.98 Å². The van der Waals surface area contributed by atoms with Crippen LogP contribution in [-0.4, -0.2) is 4.98 Å². The fourth-order valence-electron chi connectivity index (χ4n) is 1.91. The highest BCUT2D eigenvalue weighted by Crippen LogP contribution is 2.32. The molecular formula is C14H11ClF3N. The van der Waals surface area contributed by atoms with Crippen LogP contribution in [0.1, 0.15) is 16.7 Å². The van der Waals surface area contributed by atoms with Crippen molar-refractivity contribution in [1.29, 1.82) is 0 Å². The lowest BCUT2D eigenvalue weighted by molar-refractivity contribution is -0.137. The van der Waals surface area contributed by atoms with E-state index in [9.17, 15) is 13.2 Å². The van der Waals surface area contributed by atoms with Crippen LogP contribution in [0.4, 0.5) is 13.2 Å². The van der Waals surface area contributed by atoms with Crippen molar-refractivity contribution < 1.29 is 13.2 Å². The maximum atomic E-state index is 12.6. The Morgan fingerprint density at radius 2 is 1.74 bits per heavy atom. The molecule has 0 amide bonds. The van der Waals surface area contributed by atoms with Gasteiger partial charge < -0.3 is 0 Å². The van der Waals surface area contributed by atoms with Crippen LogP contribution in [0.15, 0.2) is 30.5 Å². The number of nitrogens with zero attached hydrogens (tertiary/aromatic N) is 1. The molecule has 5 heteroatoms. The molecule has 1 aromatic heterocycles. The highest BCUT2D eigenvalue weighted by molar-refractivity contribution is 6.30. The second-order valence-corrected chi connectivity index (χ2v) is 4.84. The predicted octanol–water partition coefficient (Wildman–Crippen LogP) is 5.04. The number of aromatic nitrogens is 1. The van der Waals surface area contributed by atoms with E-state index in [1.807, 2.05) is 13.0 Å². The van der Waals surface area contributed by atoms with Crippen LogP contribution in [0.5, 0.6) is 0 Å². The third-order valence-corrected chi connectivity index (χ3v) is 2.94. The average molecular weight is 286 g/mol. The number of hydrogen-bond acceptors (Lipinski definition) is 1. The molecule has 0 aliphatic carbocycles. The van der Waals surface area contributed by atoms with Gasteiger partial charge in [-0.25, -0.2) is 0 Å². The molecule has 0 aliphatic heterocycles. The molecule has 1 heterocycles. The number of aryl methyl sites for hydroxylation is 2. The maximum Gasteiger partial charge on any atom is 0.417 e. The molecule has 0 atom stereocenters. The molecule has 2 aromatic rings. The number of hydrogen-bond donors (Lipinski definition) is 0. The standard InChI is InChI=1S/C14H11ClF3N/c1-8-3-10(6-12(15)4-8)13-9(2)5-11(7-19-13)14(16,17)18/h3-7H,1-2H3. The normalized spacial score (nSPS) is 11.7. The first-order valence-corrected chi connectivity index (χ1v) is 5.96. The number of rotatable bonds is 1. The first-order chi connectivity index (χ1) is 8.77. The van der Waals surface area contributed by atoms with E-state index in [2.05, 4.69) is 4.98 Å². The fourth-order valence-corrected chi connectivity index (χ4v) is 2.19. The zero-order chi connectivity index (χ0) is 14.2. The molecule has 0 bridgehead atoms. The summed E-state index contributed by atoms with van der Waals surface area (Å²) in [6, 6.07) is 6.41. The molecule has 100 valence electrons. The second-order valence-electron chi connectivity index (χ2n) is 4.40. The molecule has 2 rings (SSSR count). The van der Waals surface area contributed by atoms with E-state index in [0.29, 0.717) is 16.3 Å². The van der Waals surface area contributed by atoms with E-state index in [4.69, 9.17) is 11.6 Å². The van der Waals surface area contributed by atoms with Crippen molar-refractivity contribution in [3.63, 3.8) is 0 Å². The van der Waals surface area contributed by atoms with Crippen LogP contribution in [0.2, 0.25) is 5.02 Å². The van der Waals surface area contributed by atoms with Crippen LogP contribution < -0.4 is 0 Å². The van der Waals surface area contributed by atoms with Gasteiger partial charge >= 0.3 is 6.18 Å².